The normalized spacial score (nSPS) is 20.6. The summed E-state index contributed by atoms with van der Waals surface area (Å²) in [5.41, 5.74) is -0.832. The summed E-state index contributed by atoms with van der Waals surface area (Å²) in [4.78, 5) is 1.91. The van der Waals surface area contributed by atoms with Crippen LogP contribution in [0.5, 0.6) is 0 Å². The minimum absolute atomic E-state index is 0.103. The van der Waals surface area contributed by atoms with Gasteiger partial charge in [0.1, 0.15) is 0 Å². The third-order valence-electron chi connectivity index (χ3n) is 3.20. The average molecular weight is 290 g/mol. The van der Waals surface area contributed by atoms with Gasteiger partial charge in [0, 0.05) is 23.1 Å². The zero-order valence-electron chi connectivity index (χ0n) is 9.30. The number of alkyl halides is 2. The maximum absolute atomic E-state index is 14.2. The van der Waals surface area contributed by atoms with Crippen molar-refractivity contribution in [2.45, 2.75) is 12.8 Å². The molecular formula is C12H14BrF2N. The van der Waals surface area contributed by atoms with E-state index in [2.05, 4.69) is 15.9 Å². The van der Waals surface area contributed by atoms with Gasteiger partial charge in [0.25, 0.3) is 5.92 Å². The van der Waals surface area contributed by atoms with Crippen molar-refractivity contribution in [3.63, 3.8) is 0 Å². The molecule has 1 aromatic rings. The van der Waals surface area contributed by atoms with Crippen LogP contribution in [0.3, 0.4) is 0 Å². The molecule has 0 amide bonds. The summed E-state index contributed by atoms with van der Waals surface area (Å²) < 4.78 is 29.3. The molecule has 1 fully saturated rings. The van der Waals surface area contributed by atoms with Crippen LogP contribution in [0, 0.1) is 5.41 Å². The molecule has 0 N–H and O–H groups in total. The van der Waals surface area contributed by atoms with E-state index < -0.39 is 11.3 Å². The third kappa shape index (κ3) is 1.78. The Kier molecular flexibility index (Phi) is 2.83. The molecule has 16 heavy (non-hydrogen) atoms. The fraction of sp³-hybridized carbons (Fsp3) is 0.500. The first-order valence-electron chi connectivity index (χ1n) is 5.18. The van der Waals surface area contributed by atoms with Gasteiger partial charge in [0.15, 0.2) is 0 Å². The van der Waals surface area contributed by atoms with Crippen molar-refractivity contribution >= 4 is 15.9 Å². The fourth-order valence-electron chi connectivity index (χ4n) is 2.35. The molecule has 1 aliphatic rings. The molecule has 0 radical (unpaired) electrons. The molecule has 1 heterocycles. The van der Waals surface area contributed by atoms with Gasteiger partial charge in [-0.1, -0.05) is 35.0 Å². The van der Waals surface area contributed by atoms with Gasteiger partial charge in [-0.05, 0) is 19.2 Å². The van der Waals surface area contributed by atoms with Gasteiger partial charge in [-0.3, -0.25) is 0 Å². The molecule has 4 heteroatoms. The molecule has 88 valence electrons. The summed E-state index contributed by atoms with van der Waals surface area (Å²) in [6.07, 6.45) is 0. The quantitative estimate of drug-likeness (QED) is 0.806. The largest absolute Gasteiger partial charge is 0.305 e. The van der Waals surface area contributed by atoms with Gasteiger partial charge in [0.2, 0.25) is 0 Å². The highest BCUT2D eigenvalue weighted by atomic mass is 79.9. The first-order chi connectivity index (χ1) is 7.35. The second kappa shape index (κ2) is 3.77. The Morgan fingerprint density at radius 2 is 1.75 bits per heavy atom. The van der Waals surface area contributed by atoms with E-state index in [-0.39, 0.29) is 5.56 Å². The summed E-state index contributed by atoms with van der Waals surface area (Å²) >= 11 is 3.25. The number of halogens is 3. The molecular weight excluding hydrogens is 276 g/mol. The van der Waals surface area contributed by atoms with Crippen LogP contribution in [0.4, 0.5) is 8.78 Å². The number of hydrogen-bond donors (Lipinski definition) is 0. The van der Waals surface area contributed by atoms with Crippen molar-refractivity contribution in [2.24, 2.45) is 5.41 Å². The summed E-state index contributed by atoms with van der Waals surface area (Å²) in [7, 11) is 1.86. The van der Waals surface area contributed by atoms with Gasteiger partial charge < -0.3 is 4.90 Å². The van der Waals surface area contributed by atoms with Crippen LogP contribution in [0.25, 0.3) is 0 Å². The Labute approximate surface area is 103 Å². The molecule has 0 unspecified atom stereocenters. The minimum atomic E-state index is -2.76. The van der Waals surface area contributed by atoms with Gasteiger partial charge in [-0.2, -0.15) is 0 Å². The summed E-state index contributed by atoms with van der Waals surface area (Å²) in [6.45, 7) is 2.53. The molecule has 1 aromatic carbocycles. The Morgan fingerprint density at radius 3 is 2.19 bits per heavy atom. The van der Waals surface area contributed by atoms with E-state index in [1.807, 2.05) is 11.9 Å². The molecule has 1 saturated heterocycles. The Morgan fingerprint density at radius 1 is 1.25 bits per heavy atom. The Balaban J connectivity index is 2.28. The van der Waals surface area contributed by atoms with Crippen molar-refractivity contribution < 1.29 is 8.78 Å². The number of rotatable bonds is 2. The number of nitrogens with zero attached hydrogens (tertiary/aromatic N) is 1. The van der Waals surface area contributed by atoms with Crippen LogP contribution in [0.15, 0.2) is 28.7 Å². The average Bonchev–Trinajstić information content (AvgIpc) is 2.16. The summed E-state index contributed by atoms with van der Waals surface area (Å²) in [5, 5.41) is 0. The van der Waals surface area contributed by atoms with Crippen molar-refractivity contribution in [3.05, 3.63) is 34.3 Å². The molecule has 1 nitrogen and oxygen atoms in total. The van der Waals surface area contributed by atoms with Crippen molar-refractivity contribution in [1.29, 1.82) is 0 Å². The maximum Gasteiger partial charge on any atom is 0.280 e. The van der Waals surface area contributed by atoms with Gasteiger partial charge in [-0.25, -0.2) is 8.78 Å². The summed E-state index contributed by atoms with van der Waals surface area (Å²) in [5.74, 6) is -2.76. The smallest absolute Gasteiger partial charge is 0.280 e. The zero-order valence-corrected chi connectivity index (χ0v) is 10.9. The zero-order chi connectivity index (χ0) is 12.0. The predicted molar refractivity (Wildman–Crippen MR) is 63.6 cm³/mol. The molecule has 0 spiro atoms. The van der Waals surface area contributed by atoms with Crippen molar-refractivity contribution in [2.75, 3.05) is 20.1 Å². The van der Waals surface area contributed by atoms with Crippen molar-refractivity contribution in [3.8, 4) is 0 Å². The first kappa shape index (κ1) is 12.0. The van der Waals surface area contributed by atoms with Crippen LogP contribution in [0.1, 0.15) is 12.5 Å². The van der Waals surface area contributed by atoms with E-state index in [1.165, 1.54) is 12.1 Å². The molecule has 0 saturated carbocycles. The topological polar surface area (TPSA) is 3.24 Å². The molecule has 1 aliphatic heterocycles. The van der Waals surface area contributed by atoms with Gasteiger partial charge >= 0.3 is 0 Å². The lowest BCUT2D eigenvalue weighted by Gasteiger charge is -2.50. The van der Waals surface area contributed by atoms with E-state index in [1.54, 1.807) is 19.1 Å². The van der Waals surface area contributed by atoms with Gasteiger partial charge in [0.05, 0.1) is 5.41 Å². The molecule has 0 aromatic heterocycles. The summed E-state index contributed by atoms with van der Waals surface area (Å²) in [6, 6.07) is 6.31. The van der Waals surface area contributed by atoms with E-state index in [4.69, 9.17) is 0 Å². The van der Waals surface area contributed by atoms with Crippen molar-refractivity contribution in [1.82, 2.24) is 4.90 Å². The molecule has 0 aliphatic carbocycles. The number of likely N-dealkylation sites (tertiary alicyclic amines) is 1. The fourth-order valence-corrected chi connectivity index (χ4v) is 2.62. The van der Waals surface area contributed by atoms with E-state index in [0.29, 0.717) is 13.1 Å². The highest BCUT2D eigenvalue weighted by molar-refractivity contribution is 9.10. The number of hydrogen-bond acceptors (Lipinski definition) is 1. The third-order valence-corrected chi connectivity index (χ3v) is 3.73. The lowest BCUT2D eigenvalue weighted by molar-refractivity contribution is -0.183. The Bertz CT molecular complexity index is 383. The first-order valence-corrected chi connectivity index (χ1v) is 5.97. The lowest BCUT2D eigenvalue weighted by Crippen LogP contribution is -2.60. The highest BCUT2D eigenvalue weighted by Crippen LogP contribution is 2.50. The molecule has 0 bridgehead atoms. The second-order valence-corrected chi connectivity index (χ2v) is 5.73. The SMILES string of the molecule is CN1CC(C)(C(F)(F)c2ccc(Br)cc2)C1. The molecule has 2 rings (SSSR count). The number of benzene rings is 1. The lowest BCUT2D eigenvalue weighted by atomic mass is 9.73. The van der Waals surface area contributed by atoms with E-state index in [0.717, 1.165) is 4.47 Å². The Hall–Kier alpha value is -0.480. The maximum atomic E-state index is 14.2. The monoisotopic (exact) mass is 289 g/mol. The van der Waals surface area contributed by atoms with E-state index in [9.17, 15) is 8.78 Å². The van der Waals surface area contributed by atoms with Gasteiger partial charge in [-0.15, -0.1) is 0 Å². The predicted octanol–water partition coefficient (Wildman–Crippen LogP) is 3.49. The molecule has 0 atom stereocenters. The van der Waals surface area contributed by atoms with Crippen LogP contribution >= 0.6 is 15.9 Å². The standard InChI is InChI=1S/C12H14BrF2N/c1-11(7-16(2)8-11)12(14,15)9-3-5-10(13)6-4-9/h3-6H,7-8H2,1-2H3. The van der Waals surface area contributed by atoms with E-state index >= 15 is 0 Å². The second-order valence-electron chi connectivity index (χ2n) is 4.81. The van der Waals surface area contributed by atoms with Crippen LogP contribution in [-0.4, -0.2) is 25.0 Å². The highest BCUT2D eigenvalue weighted by Gasteiger charge is 2.56. The van der Waals surface area contributed by atoms with Crippen LogP contribution in [-0.2, 0) is 5.92 Å². The van der Waals surface area contributed by atoms with Crippen LogP contribution in [0.2, 0.25) is 0 Å². The van der Waals surface area contributed by atoms with Crippen LogP contribution < -0.4 is 0 Å². The minimum Gasteiger partial charge on any atom is -0.305 e.